The first-order chi connectivity index (χ1) is 14.0. The fraction of sp³-hybridized carbons (Fsp3) is 0.0833. The van der Waals surface area contributed by atoms with E-state index >= 15 is 0 Å². The molecule has 4 rings (SSSR count). The number of fused-ring (bicyclic) bond motifs is 1. The average molecular weight is 383 g/mol. The van der Waals surface area contributed by atoms with E-state index in [0.29, 0.717) is 28.1 Å². The van der Waals surface area contributed by atoms with Crippen LogP contribution in [0.2, 0.25) is 0 Å². The fourth-order valence-corrected chi connectivity index (χ4v) is 3.36. The van der Waals surface area contributed by atoms with E-state index in [0.717, 1.165) is 11.3 Å². The summed E-state index contributed by atoms with van der Waals surface area (Å²) in [4.78, 5) is 26.9. The summed E-state index contributed by atoms with van der Waals surface area (Å²) in [5, 5.41) is 6.32. The van der Waals surface area contributed by atoms with Crippen LogP contribution in [0.25, 0.3) is 11.3 Å². The fourth-order valence-electron chi connectivity index (χ4n) is 3.36. The molecule has 29 heavy (non-hydrogen) atoms. The van der Waals surface area contributed by atoms with Crippen LogP contribution in [0.4, 0.5) is 11.4 Å². The molecule has 0 aliphatic carbocycles. The van der Waals surface area contributed by atoms with E-state index in [1.165, 1.54) is 4.90 Å². The van der Waals surface area contributed by atoms with Crippen LogP contribution in [0.15, 0.2) is 78.9 Å². The minimum absolute atomic E-state index is 0.108. The van der Waals surface area contributed by atoms with Crippen molar-refractivity contribution in [3.8, 4) is 0 Å². The topological polar surface area (TPSA) is 61.4 Å². The van der Waals surface area contributed by atoms with Crippen molar-refractivity contribution < 1.29 is 9.59 Å². The van der Waals surface area contributed by atoms with Crippen molar-refractivity contribution in [2.24, 2.45) is 0 Å². The minimum Gasteiger partial charge on any atom is -0.354 e. The lowest BCUT2D eigenvalue weighted by atomic mass is 9.98. The lowest BCUT2D eigenvalue weighted by Crippen LogP contribution is -2.21. The number of rotatable bonds is 4. The molecular weight excluding hydrogens is 362 g/mol. The first kappa shape index (κ1) is 18.5. The number of carbonyl (C=O) groups is 2. The van der Waals surface area contributed by atoms with Crippen LogP contribution >= 0.6 is 0 Å². The van der Waals surface area contributed by atoms with Gasteiger partial charge in [0, 0.05) is 36.6 Å². The number of nitrogens with one attached hydrogen (secondary N) is 2. The molecule has 0 radical (unpaired) electrons. The quantitative estimate of drug-likeness (QED) is 0.660. The van der Waals surface area contributed by atoms with Crippen molar-refractivity contribution in [3.63, 3.8) is 0 Å². The summed E-state index contributed by atoms with van der Waals surface area (Å²) in [6.45, 7) is 0. The van der Waals surface area contributed by atoms with E-state index in [9.17, 15) is 9.59 Å². The molecule has 0 saturated heterocycles. The number of hydrogen-bond acceptors (Lipinski definition) is 3. The molecule has 0 saturated carbocycles. The first-order valence-corrected chi connectivity index (χ1v) is 9.34. The zero-order chi connectivity index (χ0) is 20.4. The van der Waals surface area contributed by atoms with E-state index in [-0.39, 0.29) is 11.8 Å². The molecule has 0 atom stereocenters. The second kappa shape index (κ2) is 7.64. The Morgan fingerprint density at radius 1 is 0.862 bits per heavy atom. The number of amides is 2. The van der Waals surface area contributed by atoms with Gasteiger partial charge in [0.2, 0.25) is 0 Å². The average Bonchev–Trinajstić information content (AvgIpc) is 3.07. The van der Waals surface area contributed by atoms with Crippen LogP contribution < -0.4 is 10.6 Å². The van der Waals surface area contributed by atoms with Crippen molar-refractivity contribution in [2.75, 3.05) is 24.7 Å². The second-order valence-corrected chi connectivity index (χ2v) is 7.02. The molecule has 1 aliphatic rings. The minimum atomic E-state index is -0.197. The van der Waals surface area contributed by atoms with E-state index in [1.54, 1.807) is 32.3 Å². The molecule has 0 fully saturated rings. The number of carbonyl (C=O) groups excluding carboxylic acids is 2. The van der Waals surface area contributed by atoms with Crippen molar-refractivity contribution in [1.29, 1.82) is 0 Å². The predicted molar refractivity (Wildman–Crippen MR) is 116 cm³/mol. The van der Waals surface area contributed by atoms with Gasteiger partial charge in [-0.25, -0.2) is 0 Å². The maximum Gasteiger partial charge on any atom is 0.258 e. The van der Waals surface area contributed by atoms with Crippen LogP contribution in [0.3, 0.4) is 0 Å². The summed E-state index contributed by atoms with van der Waals surface area (Å²) < 4.78 is 0. The molecule has 1 heterocycles. The maximum absolute atomic E-state index is 12.9. The molecule has 0 aromatic heterocycles. The first-order valence-electron chi connectivity index (χ1n) is 9.34. The maximum atomic E-state index is 12.9. The smallest absolute Gasteiger partial charge is 0.258 e. The van der Waals surface area contributed by atoms with E-state index < -0.39 is 0 Å². The molecule has 2 N–H and O–H groups in total. The van der Waals surface area contributed by atoms with E-state index in [1.807, 2.05) is 60.7 Å². The summed E-state index contributed by atoms with van der Waals surface area (Å²) in [7, 11) is 3.42. The Kier molecular flexibility index (Phi) is 4.87. The van der Waals surface area contributed by atoms with Crippen molar-refractivity contribution in [1.82, 2.24) is 4.90 Å². The zero-order valence-electron chi connectivity index (χ0n) is 16.3. The Balaban J connectivity index is 1.91. The number of benzene rings is 3. The van der Waals surface area contributed by atoms with Gasteiger partial charge in [-0.3, -0.25) is 9.59 Å². The number of para-hydroxylation sites is 1. The summed E-state index contributed by atoms with van der Waals surface area (Å²) in [6, 6.07) is 24.7. The lowest BCUT2D eigenvalue weighted by molar-refractivity contribution is -0.110. The molecular formula is C24H21N3O2. The molecule has 5 heteroatoms. The van der Waals surface area contributed by atoms with Crippen molar-refractivity contribution >= 4 is 34.5 Å². The monoisotopic (exact) mass is 383 g/mol. The molecule has 0 unspecified atom stereocenters. The lowest BCUT2D eigenvalue weighted by Gasteiger charge is -2.15. The summed E-state index contributed by atoms with van der Waals surface area (Å²) >= 11 is 0. The van der Waals surface area contributed by atoms with Gasteiger partial charge in [-0.1, -0.05) is 48.5 Å². The van der Waals surface area contributed by atoms with Gasteiger partial charge >= 0.3 is 0 Å². The standard InChI is InChI=1S/C24H21N3O2/c1-27(2)24(29)17-13-14-20-19(15-17)21(23(28)26-20)22(16-9-5-3-6-10-16)25-18-11-7-4-8-12-18/h3-15,25H,1-2H3,(H,26,28). The van der Waals surface area contributed by atoms with Crippen LogP contribution in [-0.2, 0) is 4.79 Å². The molecule has 0 bridgehead atoms. The number of hydrogen-bond donors (Lipinski definition) is 2. The van der Waals surface area contributed by atoms with Crippen LogP contribution in [-0.4, -0.2) is 30.8 Å². The van der Waals surface area contributed by atoms with Crippen molar-refractivity contribution in [2.45, 2.75) is 0 Å². The van der Waals surface area contributed by atoms with Gasteiger partial charge in [-0.2, -0.15) is 0 Å². The molecule has 2 amide bonds. The molecule has 5 nitrogen and oxygen atoms in total. The number of nitrogens with zero attached hydrogens (tertiary/aromatic N) is 1. The molecule has 0 spiro atoms. The molecule has 3 aromatic rings. The van der Waals surface area contributed by atoms with Gasteiger partial charge in [-0.15, -0.1) is 0 Å². The highest BCUT2D eigenvalue weighted by Crippen LogP contribution is 2.38. The Hall–Kier alpha value is -3.86. The van der Waals surface area contributed by atoms with Gasteiger partial charge < -0.3 is 15.5 Å². The van der Waals surface area contributed by atoms with Crippen LogP contribution in [0.5, 0.6) is 0 Å². The molecule has 1 aliphatic heterocycles. The SMILES string of the molecule is CN(C)C(=O)c1ccc2c(c1)C(=C(Nc1ccccc1)c1ccccc1)C(=O)N2. The number of anilines is 2. The largest absolute Gasteiger partial charge is 0.354 e. The highest BCUT2D eigenvalue weighted by molar-refractivity contribution is 6.37. The third kappa shape index (κ3) is 3.62. The van der Waals surface area contributed by atoms with Gasteiger partial charge in [0.15, 0.2) is 0 Å². The highest BCUT2D eigenvalue weighted by atomic mass is 16.2. The van der Waals surface area contributed by atoms with Crippen LogP contribution in [0, 0.1) is 0 Å². The Morgan fingerprint density at radius 3 is 2.17 bits per heavy atom. The Morgan fingerprint density at radius 2 is 1.52 bits per heavy atom. The normalized spacial score (nSPS) is 14.1. The Bertz CT molecular complexity index is 1100. The van der Waals surface area contributed by atoms with Gasteiger partial charge in [0.25, 0.3) is 11.8 Å². The Labute approximate surface area is 169 Å². The molecule has 144 valence electrons. The summed E-state index contributed by atoms with van der Waals surface area (Å²) in [5.74, 6) is -0.305. The highest BCUT2D eigenvalue weighted by Gasteiger charge is 2.29. The predicted octanol–water partition coefficient (Wildman–Crippen LogP) is 4.32. The zero-order valence-corrected chi connectivity index (χ0v) is 16.3. The van der Waals surface area contributed by atoms with Gasteiger partial charge in [0.1, 0.15) is 0 Å². The third-order valence-electron chi connectivity index (χ3n) is 4.77. The van der Waals surface area contributed by atoms with E-state index in [4.69, 9.17) is 0 Å². The third-order valence-corrected chi connectivity index (χ3v) is 4.77. The second-order valence-electron chi connectivity index (χ2n) is 7.02. The van der Waals surface area contributed by atoms with Crippen molar-refractivity contribution in [3.05, 3.63) is 95.6 Å². The molecule has 3 aromatic carbocycles. The van der Waals surface area contributed by atoms with Gasteiger partial charge in [0.05, 0.1) is 11.3 Å². The summed E-state index contributed by atoms with van der Waals surface area (Å²) in [5.41, 5.74) is 4.92. The van der Waals surface area contributed by atoms with Crippen LogP contribution in [0.1, 0.15) is 21.5 Å². The summed E-state index contributed by atoms with van der Waals surface area (Å²) in [6.07, 6.45) is 0. The van der Waals surface area contributed by atoms with Gasteiger partial charge in [-0.05, 0) is 35.9 Å². The van der Waals surface area contributed by atoms with E-state index in [2.05, 4.69) is 10.6 Å².